The van der Waals surface area contributed by atoms with E-state index in [-0.39, 0.29) is 18.4 Å². The maximum Gasteiger partial charge on any atom is 0.311 e. The highest BCUT2D eigenvalue weighted by Gasteiger charge is 2.43. The minimum Gasteiger partial charge on any atom is -0.481 e. The maximum atomic E-state index is 12.0. The molecular formula is C15H20N2O3. The maximum absolute atomic E-state index is 12.0. The van der Waals surface area contributed by atoms with Crippen molar-refractivity contribution in [2.45, 2.75) is 45.1 Å². The van der Waals surface area contributed by atoms with Crippen molar-refractivity contribution in [2.75, 3.05) is 0 Å². The molecule has 0 saturated heterocycles. The van der Waals surface area contributed by atoms with Gasteiger partial charge in [0.2, 0.25) is 5.91 Å². The Morgan fingerprint density at radius 1 is 1.45 bits per heavy atom. The number of nitrogens with one attached hydrogen (secondary N) is 1. The highest BCUT2D eigenvalue weighted by atomic mass is 16.4. The summed E-state index contributed by atoms with van der Waals surface area (Å²) in [6.45, 7) is 1.72. The number of hydrogen-bond donors (Lipinski definition) is 2. The lowest BCUT2D eigenvalue weighted by molar-refractivity contribution is -0.152. The number of carboxylic acids is 1. The monoisotopic (exact) mass is 276 g/mol. The van der Waals surface area contributed by atoms with E-state index in [1.54, 1.807) is 25.3 Å². The summed E-state index contributed by atoms with van der Waals surface area (Å²) < 4.78 is 0. The number of nitrogens with zero attached hydrogens (tertiary/aromatic N) is 1. The largest absolute Gasteiger partial charge is 0.481 e. The van der Waals surface area contributed by atoms with Crippen molar-refractivity contribution >= 4 is 11.9 Å². The van der Waals surface area contributed by atoms with Crippen molar-refractivity contribution in [2.24, 2.45) is 5.41 Å². The molecule has 1 amide bonds. The van der Waals surface area contributed by atoms with Crippen LogP contribution in [0.5, 0.6) is 0 Å². The first-order chi connectivity index (χ1) is 9.52. The van der Waals surface area contributed by atoms with Gasteiger partial charge < -0.3 is 10.4 Å². The number of pyridine rings is 1. The third-order valence-electron chi connectivity index (χ3n) is 4.10. The van der Waals surface area contributed by atoms with Crippen LogP contribution in [0.25, 0.3) is 0 Å². The van der Waals surface area contributed by atoms with Crippen molar-refractivity contribution in [3.05, 3.63) is 30.1 Å². The molecule has 1 heterocycles. The Labute approximate surface area is 118 Å². The van der Waals surface area contributed by atoms with Crippen molar-refractivity contribution in [1.29, 1.82) is 0 Å². The summed E-state index contributed by atoms with van der Waals surface area (Å²) in [6.07, 6.45) is 5.01. The van der Waals surface area contributed by atoms with E-state index in [0.717, 1.165) is 19.3 Å². The topological polar surface area (TPSA) is 79.3 Å². The van der Waals surface area contributed by atoms with Crippen LogP contribution >= 0.6 is 0 Å². The molecule has 108 valence electrons. The molecule has 2 unspecified atom stereocenters. The Hall–Kier alpha value is -1.91. The Balaban J connectivity index is 2.00. The summed E-state index contributed by atoms with van der Waals surface area (Å²) in [5.74, 6) is -0.997. The molecule has 2 atom stereocenters. The third-order valence-corrected chi connectivity index (χ3v) is 4.10. The van der Waals surface area contributed by atoms with Crippen LogP contribution in [0.1, 0.15) is 38.3 Å². The van der Waals surface area contributed by atoms with Crippen LogP contribution in [0.2, 0.25) is 0 Å². The van der Waals surface area contributed by atoms with Gasteiger partial charge in [-0.3, -0.25) is 14.6 Å². The molecular weight excluding hydrogens is 256 g/mol. The van der Waals surface area contributed by atoms with E-state index in [1.165, 1.54) is 0 Å². The molecule has 1 aromatic heterocycles. The molecule has 2 rings (SSSR count). The first kappa shape index (κ1) is 14.5. The van der Waals surface area contributed by atoms with Gasteiger partial charge in [0.05, 0.1) is 11.8 Å². The van der Waals surface area contributed by atoms with E-state index >= 15 is 0 Å². The molecule has 5 heteroatoms. The van der Waals surface area contributed by atoms with Crippen LogP contribution in [0, 0.1) is 5.41 Å². The number of hydrogen-bond acceptors (Lipinski definition) is 3. The van der Waals surface area contributed by atoms with E-state index in [1.807, 2.05) is 6.07 Å². The zero-order valence-electron chi connectivity index (χ0n) is 11.6. The number of carboxylic acid groups (broad SMARTS) is 1. The first-order valence-electron chi connectivity index (χ1n) is 6.95. The predicted octanol–water partition coefficient (Wildman–Crippen LogP) is 1.77. The highest BCUT2D eigenvalue weighted by Crippen LogP contribution is 2.36. The first-order valence-corrected chi connectivity index (χ1v) is 6.95. The Kier molecular flexibility index (Phi) is 4.37. The molecule has 5 nitrogen and oxygen atoms in total. The molecule has 0 spiro atoms. The van der Waals surface area contributed by atoms with Gasteiger partial charge in [0.25, 0.3) is 0 Å². The molecule has 1 aliphatic rings. The van der Waals surface area contributed by atoms with E-state index in [0.29, 0.717) is 12.1 Å². The summed E-state index contributed by atoms with van der Waals surface area (Å²) in [6, 6.07) is 5.11. The number of carbonyl (C=O) groups is 2. The summed E-state index contributed by atoms with van der Waals surface area (Å²) in [5, 5.41) is 12.3. The van der Waals surface area contributed by atoms with Crippen LogP contribution in [-0.2, 0) is 16.0 Å². The van der Waals surface area contributed by atoms with Gasteiger partial charge >= 0.3 is 5.97 Å². The normalized spacial score (nSPS) is 25.9. The Morgan fingerprint density at radius 3 is 2.90 bits per heavy atom. The number of carbonyl (C=O) groups excluding carboxylic acids is 1. The van der Waals surface area contributed by atoms with Gasteiger partial charge in [-0.1, -0.05) is 18.9 Å². The van der Waals surface area contributed by atoms with E-state index in [2.05, 4.69) is 10.3 Å². The zero-order chi connectivity index (χ0) is 14.6. The molecule has 2 N–H and O–H groups in total. The molecule has 1 aromatic rings. The van der Waals surface area contributed by atoms with Crippen LogP contribution < -0.4 is 5.32 Å². The van der Waals surface area contributed by atoms with Crippen LogP contribution in [0.3, 0.4) is 0 Å². The number of aliphatic carboxylic acids is 1. The molecule has 0 radical (unpaired) electrons. The predicted molar refractivity (Wildman–Crippen MR) is 74.1 cm³/mol. The summed E-state index contributed by atoms with van der Waals surface area (Å²) >= 11 is 0. The van der Waals surface area contributed by atoms with Crippen molar-refractivity contribution in [3.63, 3.8) is 0 Å². The number of aromatic nitrogens is 1. The smallest absolute Gasteiger partial charge is 0.311 e. The number of rotatable bonds is 4. The molecule has 20 heavy (non-hydrogen) atoms. The summed E-state index contributed by atoms with van der Waals surface area (Å²) in [4.78, 5) is 27.6. The van der Waals surface area contributed by atoms with Gasteiger partial charge in [-0.15, -0.1) is 0 Å². The Bertz CT molecular complexity index is 489. The number of amides is 1. The average molecular weight is 276 g/mol. The molecule has 0 bridgehead atoms. The van der Waals surface area contributed by atoms with Gasteiger partial charge in [-0.25, -0.2) is 0 Å². The van der Waals surface area contributed by atoms with Crippen LogP contribution in [0.15, 0.2) is 24.4 Å². The van der Waals surface area contributed by atoms with Crippen LogP contribution in [-0.4, -0.2) is 28.0 Å². The van der Waals surface area contributed by atoms with Gasteiger partial charge in [-0.05, 0) is 31.9 Å². The van der Waals surface area contributed by atoms with E-state index < -0.39 is 11.4 Å². The van der Waals surface area contributed by atoms with E-state index in [9.17, 15) is 14.7 Å². The Morgan fingerprint density at radius 2 is 2.25 bits per heavy atom. The van der Waals surface area contributed by atoms with Gasteiger partial charge in [0, 0.05) is 17.9 Å². The minimum absolute atomic E-state index is 0.164. The fourth-order valence-electron chi connectivity index (χ4n) is 2.73. The minimum atomic E-state index is -0.863. The lowest BCUT2D eigenvalue weighted by Gasteiger charge is -2.38. The third kappa shape index (κ3) is 3.15. The molecule has 0 aliphatic heterocycles. The van der Waals surface area contributed by atoms with Gasteiger partial charge in [-0.2, -0.15) is 0 Å². The molecule has 1 saturated carbocycles. The second-order valence-corrected chi connectivity index (χ2v) is 5.59. The van der Waals surface area contributed by atoms with Crippen LogP contribution in [0.4, 0.5) is 0 Å². The van der Waals surface area contributed by atoms with Gasteiger partial charge in [0.1, 0.15) is 0 Å². The van der Waals surface area contributed by atoms with Crippen molar-refractivity contribution in [1.82, 2.24) is 10.3 Å². The standard InChI is InChI=1S/C15H20N2O3/c1-15(14(19)20)8-4-2-7-12(15)17-13(18)10-11-6-3-5-9-16-11/h3,5-6,9,12H,2,4,7-8,10H2,1H3,(H,17,18)(H,19,20). The molecule has 1 fully saturated rings. The van der Waals surface area contributed by atoms with Gasteiger partial charge in [0.15, 0.2) is 0 Å². The average Bonchev–Trinajstić information content (AvgIpc) is 2.42. The summed E-state index contributed by atoms with van der Waals surface area (Å²) in [5.41, 5.74) is -0.171. The SMILES string of the molecule is CC1(C(=O)O)CCCCC1NC(=O)Cc1ccccn1. The molecule has 0 aromatic carbocycles. The van der Waals surface area contributed by atoms with Crippen molar-refractivity contribution in [3.8, 4) is 0 Å². The van der Waals surface area contributed by atoms with Crippen molar-refractivity contribution < 1.29 is 14.7 Å². The summed E-state index contributed by atoms with van der Waals surface area (Å²) in [7, 11) is 0. The fraction of sp³-hybridized carbons (Fsp3) is 0.533. The second kappa shape index (κ2) is 6.03. The molecule has 1 aliphatic carbocycles. The fourth-order valence-corrected chi connectivity index (χ4v) is 2.73. The van der Waals surface area contributed by atoms with E-state index in [4.69, 9.17) is 0 Å². The lowest BCUT2D eigenvalue weighted by Crippen LogP contribution is -2.52. The quantitative estimate of drug-likeness (QED) is 0.878. The second-order valence-electron chi connectivity index (χ2n) is 5.59. The lowest BCUT2D eigenvalue weighted by atomic mass is 9.71. The zero-order valence-corrected chi connectivity index (χ0v) is 11.6. The highest BCUT2D eigenvalue weighted by molar-refractivity contribution is 5.81.